The topological polar surface area (TPSA) is 24.7 Å². The van der Waals surface area contributed by atoms with E-state index < -0.39 is 0 Å². The van der Waals surface area contributed by atoms with Gasteiger partial charge in [0, 0.05) is 26.6 Å². The van der Waals surface area contributed by atoms with Crippen molar-refractivity contribution in [1.82, 2.24) is 0 Å². The van der Waals surface area contributed by atoms with Crippen LogP contribution in [0.15, 0.2) is 70.7 Å². The van der Waals surface area contributed by atoms with Crippen LogP contribution in [0, 0.1) is 0 Å². The summed E-state index contributed by atoms with van der Waals surface area (Å²) in [5, 5.41) is 0. The standard InChI is InChI=1S/C36H52N2.Pd/c1-4-7-10-12-14-16-18-20-32-23-27-34(28-24-32)37-31-36(22-9-6-3)38-35-29-25-33(26-30-35)21-19-17-15-13-11-8-5-2;/h18-21,23-31H,4-17,22H2,1-3H3;. The first kappa shape index (κ1) is 34.9. The number of nitrogens with zero attached hydrogens (tertiary/aromatic N) is 2. The van der Waals surface area contributed by atoms with E-state index in [0.717, 1.165) is 49.2 Å². The fourth-order valence-electron chi connectivity index (χ4n) is 4.32. The minimum Gasteiger partial charge on any atom is -0.255 e. The van der Waals surface area contributed by atoms with Gasteiger partial charge in [0.15, 0.2) is 0 Å². The van der Waals surface area contributed by atoms with E-state index in [0.29, 0.717) is 0 Å². The predicted octanol–water partition coefficient (Wildman–Crippen LogP) is 12.1. The normalized spacial score (nSPS) is 12.1. The Hall–Kier alpha value is -2.08. The second kappa shape index (κ2) is 23.8. The van der Waals surface area contributed by atoms with Crippen molar-refractivity contribution in [3.63, 3.8) is 0 Å². The molecule has 39 heavy (non-hydrogen) atoms. The van der Waals surface area contributed by atoms with E-state index in [-0.39, 0.29) is 20.4 Å². The van der Waals surface area contributed by atoms with Gasteiger partial charge in [-0.1, -0.05) is 127 Å². The molecular weight excluding hydrogens is 567 g/mol. The second-order valence-corrected chi connectivity index (χ2v) is 10.4. The fraction of sp³-hybridized carbons (Fsp3) is 0.500. The van der Waals surface area contributed by atoms with Gasteiger partial charge in [0.1, 0.15) is 0 Å². The first-order valence-electron chi connectivity index (χ1n) is 15.4. The van der Waals surface area contributed by atoms with Gasteiger partial charge in [0.05, 0.1) is 17.1 Å². The molecule has 0 radical (unpaired) electrons. The van der Waals surface area contributed by atoms with E-state index in [2.05, 4.69) is 93.6 Å². The van der Waals surface area contributed by atoms with Crippen LogP contribution in [0.4, 0.5) is 11.4 Å². The Kier molecular flexibility index (Phi) is 21.3. The van der Waals surface area contributed by atoms with Gasteiger partial charge in [0.25, 0.3) is 0 Å². The number of rotatable bonds is 20. The van der Waals surface area contributed by atoms with Crippen LogP contribution in [0.2, 0.25) is 0 Å². The van der Waals surface area contributed by atoms with Crippen LogP contribution in [0.3, 0.4) is 0 Å². The van der Waals surface area contributed by atoms with Crippen LogP contribution in [-0.4, -0.2) is 11.9 Å². The minimum absolute atomic E-state index is 0. The zero-order chi connectivity index (χ0) is 27.1. The summed E-state index contributed by atoms with van der Waals surface area (Å²) in [5.41, 5.74) is 5.49. The van der Waals surface area contributed by atoms with Gasteiger partial charge in [-0.3, -0.25) is 9.98 Å². The number of hydrogen-bond acceptors (Lipinski definition) is 2. The average Bonchev–Trinajstić information content (AvgIpc) is 2.95. The predicted molar refractivity (Wildman–Crippen MR) is 172 cm³/mol. The molecule has 0 N–H and O–H groups in total. The molecule has 216 valence electrons. The maximum atomic E-state index is 4.92. The maximum Gasteiger partial charge on any atom is 0.0634 e. The summed E-state index contributed by atoms with van der Waals surface area (Å²) in [6.07, 6.45) is 29.9. The van der Waals surface area contributed by atoms with E-state index in [1.807, 2.05) is 6.21 Å². The number of unbranched alkanes of at least 4 members (excludes halogenated alkanes) is 11. The summed E-state index contributed by atoms with van der Waals surface area (Å²) in [5.74, 6) is 0. The van der Waals surface area contributed by atoms with Gasteiger partial charge < -0.3 is 0 Å². The third kappa shape index (κ3) is 17.3. The van der Waals surface area contributed by atoms with E-state index in [4.69, 9.17) is 9.98 Å². The van der Waals surface area contributed by atoms with E-state index in [9.17, 15) is 0 Å². The number of benzene rings is 2. The fourth-order valence-corrected chi connectivity index (χ4v) is 4.32. The molecule has 0 bridgehead atoms. The van der Waals surface area contributed by atoms with Crippen LogP contribution < -0.4 is 0 Å². The Morgan fingerprint density at radius 2 is 1.03 bits per heavy atom. The Morgan fingerprint density at radius 1 is 0.564 bits per heavy atom. The SMILES string of the molecule is CCCCCCCC=Cc1ccc(N=CC(CCCC)=Nc2ccc(C=CCCCCCCC)cc2)cc1.[Pd]. The molecular formula is C36H52N2Pd. The molecule has 0 aliphatic heterocycles. The van der Waals surface area contributed by atoms with Crippen LogP contribution >= 0.6 is 0 Å². The molecule has 3 heteroatoms. The van der Waals surface area contributed by atoms with E-state index in [1.54, 1.807) is 0 Å². The molecule has 0 aliphatic carbocycles. The third-order valence-corrected chi connectivity index (χ3v) is 6.78. The Labute approximate surface area is 253 Å². The number of allylic oxidation sites excluding steroid dienone is 2. The third-order valence-electron chi connectivity index (χ3n) is 6.78. The number of hydrogen-bond donors (Lipinski definition) is 0. The molecule has 2 rings (SSSR count). The molecule has 2 aromatic rings. The van der Waals surface area contributed by atoms with Crippen LogP contribution in [0.5, 0.6) is 0 Å². The molecule has 0 heterocycles. The van der Waals surface area contributed by atoms with Gasteiger partial charge in [-0.15, -0.1) is 0 Å². The van der Waals surface area contributed by atoms with Gasteiger partial charge in [-0.25, -0.2) is 0 Å². The Bertz CT molecular complexity index is 968. The summed E-state index contributed by atoms with van der Waals surface area (Å²) in [6.45, 7) is 6.75. The van der Waals surface area contributed by atoms with Crippen molar-refractivity contribution in [1.29, 1.82) is 0 Å². The molecule has 0 aromatic heterocycles. The monoisotopic (exact) mass is 618 g/mol. The second-order valence-electron chi connectivity index (χ2n) is 10.4. The molecule has 2 aromatic carbocycles. The average molecular weight is 619 g/mol. The Balaban J connectivity index is 0.00000760. The van der Waals surface area contributed by atoms with E-state index in [1.165, 1.54) is 75.3 Å². The van der Waals surface area contributed by atoms with Crippen molar-refractivity contribution in [3.8, 4) is 0 Å². The van der Waals surface area contributed by atoms with Crippen molar-refractivity contribution in [2.75, 3.05) is 0 Å². The summed E-state index contributed by atoms with van der Waals surface area (Å²) >= 11 is 0. The van der Waals surface area contributed by atoms with Gasteiger partial charge in [0.2, 0.25) is 0 Å². The van der Waals surface area contributed by atoms with Crippen molar-refractivity contribution < 1.29 is 20.4 Å². The largest absolute Gasteiger partial charge is 0.255 e. The van der Waals surface area contributed by atoms with Crippen LogP contribution in [-0.2, 0) is 20.4 Å². The quantitative estimate of drug-likeness (QED) is 0.0801. The zero-order valence-electron chi connectivity index (χ0n) is 24.8. The first-order chi connectivity index (χ1) is 18.7. The van der Waals surface area contributed by atoms with Gasteiger partial charge in [-0.2, -0.15) is 0 Å². The first-order valence-corrected chi connectivity index (χ1v) is 15.4. The molecule has 2 nitrogen and oxygen atoms in total. The van der Waals surface area contributed by atoms with Crippen molar-refractivity contribution in [2.45, 2.75) is 117 Å². The van der Waals surface area contributed by atoms with Crippen molar-refractivity contribution in [2.24, 2.45) is 9.98 Å². The number of aliphatic imine (C=N–C) groups is 2. The van der Waals surface area contributed by atoms with Crippen molar-refractivity contribution >= 4 is 35.5 Å². The molecule has 0 unspecified atom stereocenters. The van der Waals surface area contributed by atoms with Crippen LogP contribution in [0.1, 0.15) is 128 Å². The molecule has 0 spiro atoms. The summed E-state index contributed by atoms with van der Waals surface area (Å²) < 4.78 is 0. The molecule has 0 amide bonds. The summed E-state index contributed by atoms with van der Waals surface area (Å²) in [6, 6.07) is 17.1. The molecule has 0 aliphatic rings. The molecule has 0 atom stereocenters. The zero-order valence-corrected chi connectivity index (χ0v) is 26.4. The summed E-state index contributed by atoms with van der Waals surface area (Å²) in [4.78, 5) is 9.65. The smallest absolute Gasteiger partial charge is 0.0634 e. The van der Waals surface area contributed by atoms with Crippen molar-refractivity contribution in [3.05, 3.63) is 71.8 Å². The van der Waals surface area contributed by atoms with Crippen LogP contribution in [0.25, 0.3) is 12.2 Å². The summed E-state index contributed by atoms with van der Waals surface area (Å²) in [7, 11) is 0. The minimum atomic E-state index is 0. The molecule has 0 saturated carbocycles. The molecule has 0 saturated heterocycles. The maximum absolute atomic E-state index is 4.92. The Morgan fingerprint density at radius 3 is 1.51 bits per heavy atom. The van der Waals surface area contributed by atoms with E-state index >= 15 is 0 Å². The van der Waals surface area contributed by atoms with Gasteiger partial charge in [-0.05, 0) is 73.9 Å². The molecule has 0 fully saturated rings. The van der Waals surface area contributed by atoms with Gasteiger partial charge >= 0.3 is 0 Å².